The Morgan fingerprint density at radius 2 is 1.70 bits per heavy atom. The Balaban J connectivity index is 1.48. The number of ether oxygens (including phenoxy) is 1. The molecule has 1 atom stereocenters. The van der Waals surface area contributed by atoms with Crippen molar-refractivity contribution in [3.63, 3.8) is 0 Å². The van der Waals surface area contributed by atoms with Gasteiger partial charge in [0.15, 0.2) is 0 Å². The summed E-state index contributed by atoms with van der Waals surface area (Å²) in [6.07, 6.45) is 2.70. The minimum atomic E-state index is -0.789. The highest BCUT2D eigenvalue weighted by molar-refractivity contribution is 9.10. The second-order valence-electron chi connectivity index (χ2n) is 11.2. The van der Waals surface area contributed by atoms with Gasteiger partial charge >= 0.3 is 5.97 Å². The minimum Gasteiger partial charge on any atom is -0.496 e. The van der Waals surface area contributed by atoms with Crippen molar-refractivity contribution in [2.45, 2.75) is 50.5 Å². The van der Waals surface area contributed by atoms with Gasteiger partial charge in [-0.2, -0.15) is 0 Å². The zero-order valence-corrected chi connectivity index (χ0v) is 24.1. The quantitative estimate of drug-likeness (QED) is 0.243. The number of hydrogen-bond donors (Lipinski definition) is 2. The van der Waals surface area contributed by atoms with Gasteiger partial charge in [-0.15, -0.1) is 0 Å². The van der Waals surface area contributed by atoms with Crippen LogP contribution in [0.25, 0.3) is 22.2 Å². The summed E-state index contributed by atoms with van der Waals surface area (Å²) in [5.41, 5.74) is 3.44. The van der Waals surface area contributed by atoms with E-state index in [9.17, 15) is 14.7 Å². The van der Waals surface area contributed by atoms with Crippen LogP contribution in [0.15, 0.2) is 77.3 Å². The van der Waals surface area contributed by atoms with Crippen LogP contribution in [-0.2, 0) is 4.79 Å². The smallest absolute Gasteiger partial charge is 0.309 e. The number of carboxylic acid groups (broad SMARTS) is 1. The molecule has 1 aromatic heterocycles. The zero-order chi connectivity index (χ0) is 28.1. The van der Waals surface area contributed by atoms with E-state index in [1.165, 1.54) is 0 Å². The molecule has 7 rings (SSSR count). The number of nitrogens with one attached hydrogen (secondary N) is 1. The molecule has 2 bridgehead atoms. The van der Waals surface area contributed by atoms with Gasteiger partial charge in [-0.05, 0) is 74.4 Å². The van der Waals surface area contributed by atoms with E-state index in [0.29, 0.717) is 37.7 Å². The fraction of sp³-hybridized carbons (Fsp3) is 0.303. The molecule has 3 aliphatic carbocycles. The van der Waals surface area contributed by atoms with Crippen LogP contribution in [0.4, 0.5) is 0 Å². The third-order valence-corrected chi connectivity index (χ3v) is 9.65. The third-order valence-electron chi connectivity index (χ3n) is 9.16. The van der Waals surface area contributed by atoms with Gasteiger partial charge in [0, 0.05) is 26.9 Å². The Kier molecular flexibility index (Phi) is 6.65. The molecule has 3 aromatic carbocycles. The summed E-state index contributed by atoms with van der Waals surface area (Å²) < 4.78 is 6.59. The molecule has 4 aromatic rings. The highest BCUT2D eigenvalue weighted by Crippen LogP contribution is 2.60. The molecular formula is C33H31BrN2O4. The number of carboxylic acids is 1. The highest BCUT2D eigenvalue weighted by atomic mass is 79.9. The molecule has 0 unspecified atom stereocenters. The second-order valence-corrected chi connectivity index (χ2v) is 12.1. The third kappa shape index (κ3) is 4.27. The summed E-state index contributed by atoms with van der Waals surface area (Å²) in [7, 11) is 1.63. The van der Waals surface area contributed by atoms with Crippen molar-refractivity contribution in [1.29, 1.82) is 0 Å². The lowest BCUT2D eigenvalue weighted by molar-refractivity contribution is -0.157. The van der Waals surface area contributed by atoms with Crippen LogP contribution in [0, 0.1) is 12.3 Å². The molecule has 6 nitrogen and oxygen atoms in total. The Morgan fingerprint density at radius 3 is 2.40 bits per heavy atom. The molecule has 0 saturated heterocycles. The molecule has 0 spiro atoms. The van der Waals surface area contributed by atoms with Crippen molar-refractivity contribution in [2.75, 3.05) is 7.11 Å². The lowest BCUT2D eigenvalue weighted by atomic mass is 9.51. The van der Waals surface area contributed by atoms with Crippen molar-refractivity contribution in [1.82, 2.24) is 10.3 Å². The molecule has 1 amide bonds. The Morgan fingerprint density at radius 1 is 1.00 bits per heavy atom. The number of aliphatic carboxylic acids is 1. The molecule has 0 radical (unpaired) electrons. The van der Waals surface area contributed by atoms with Crippen molar-refractivity contribution in [3.8, 4) is 17.0 Å². The summed E-state index contributed by atoms with van der Waals surface area (Å²) in [6, 6.07) is 23.5. The van der Waals surface area contributed by atoms with Crippen LogP contribution < -0.4 is 10.1 Å². The summed E-state index contributed by atoms with van der Waals surface area (Å²) in [5, 5.41) is 14.5. The molecule has 3 fully saturated rings. The van der Waals surface area contributed by atoms with Gasteiger partial charge in [0.2, 0.25) is 0 Å². The standard InChI is InChI=1S/C33H31BrN2O4/c1-20-28(24-18-22(34)12-13-26(24)35-29(20)21-8-4-3-5-9-21)30(37)36-33-16-14-32(15-17-33,31(38)39)19-25(33)23-10-6-7-11-27(23)40-2/h3-13,18,25H,14-17,19H2,1-2H3,(H,36,37)(H,38,39)/t25-,32?,33?/m1/s1. The van der Waals surface area contributed by atoms with Gasteiger partial charge < -0.3 is 15.2 Å². The number of pyridine rings is 1. The molecule has 0 aliphatic heterocycles. The number of nitrogens with zero attached hydrogens (tertiary/aromatic N) is 1. The second kappa shape index (κ2) is 10.0. The average Bonchev–Trinajstić information content (AvgIpc) is 2.97. The number of carbonyl (C=O) groups excluding carboxylic acids is 1. The van der Waals surface area contributed by atoms with E-state index in [2.05, 4.69) is 21.2 Å². The summed E-state index contributed by atoms with van der Waals surface area (Å²) in [6.45, 7) is 1.96. The van der Waals surface area contributed by atoms with Crippen molar-refractivity contribution >= 4 is 38.7 Å². The first-order valence-electron chi connectivity index (χ1n) is 13.6. The number of para-hydroxylation sites is 1. The van der Waals surface area contributed by atoms with Crippen LogP contribution in [0.1, 0.15) is 59.5 Å². The first-order valence-corrected chi connectivity index (χ1v) is 14.4. The number of fused-ring (bicyclic) bond motifs is 4. The number of carbonyl (C=O) groups is 2. The van der Waals surface area contributed by atoms with E-state index in [1.54, 1.807) is 7.11 Å². The fourth-order valence-electron chi connectivity index (χ4n) is 6.98. The van der Waals surface area contributed by atoms with Gasteiger partial charge in [0.25, 0.3) is 5.91 Å². The largest absolute Gasteiger partial charge is 0.496 e. The maximum atomic E-state index is 14.5. The lowest BCUT2D eigenvalue weighted by Crippen LogP contribution is -2.62. The number of amides is 1. The predicted molar refractivity (Wildman–Crippen MR) is 159 cm³/mol. The van der Waals surface area contributed by atoms with Crippen molar-refractivity contribution in [3.05, 3.63) is 94.0 Å². The topological polar surface area (TPSA) is 88.5 Å². The summed E-state index contributed by atoms with van der Waals surface area (Å²) in [4.78, 5) is 31.9. The number of benzene rings is 3. The van der Waals surface area contributed by atoms with E-state index in [0.717, 1.165) is 43.5 Å². The van der Waals surface area contributed by atoms with E-state index < -0.39 is 16.9 Å². The number of methoxy groups -OCH3 is 1. The summed E-state index contributed by atoms with van der Waals surface area (Å²) in [5.74, 6) is -0.389. The highest BCUT2D eigenvalue weighted by Gasteiger charge is 2.59. The normalized spacial score (nSPS) is 23.6. The van der Waals surface area contributed by atoms with Gasteiger partial charge in [0.05, 0.1) is 29.3 Å². The molecule has 7 heteroatoms. The number of rotatable bonds is 6. The lowest BCUT2D eigenvalue weighted by Gasteiger charge is -2.56. The van der Waals surface area contributed by atoms with E-state index >= 15 is 0 Å². The molecule has 204 valence electrons. The van der Waals surface area contributed by atoms with E-state index in [-0.39, 0.29) is 11.8 Å². The Bertz CT molecular complexity index is 1630. The van der Waals surface area contributed by atoms with E-state index in [4.69, 9.17) is 9.72 Å². The SMILES string of the molecule is COc1ccccc1[C@H]1CC2(C(=O)O)CCC1(NC(=O)c1c(C)c(-c3ccccc3)nc3ccc(Br)cc13)CC2. The zero-order valence-electron chi connectivity index (χ0n) is 22.5. The predicted octanol–water partition coefficient (Wildman–Crippen LogP) is 7.28. The van der Waals surface area contributed by atoms with Gasteiger partial charge in [-0.25, -0.2) is 4.98 Å². The number of hydrogen-bond acceptors (Lipinski definition) is 4. The molecule has 1 heterocycles. The van der Waals surface area contributed by atoms with Crippen molar-refractivity contribution < 1.29 is 19.4 Å². The first kappa shape index (κ1) is 26.5. The van der Waals surface area contributed by atoms with Crippen molar-refractivity contribution in [2.24, 2.45) is 5.41 Å². The van der Waals surface area contributed by atoms with Crippen LogP contribution in [0.2, 0.25) is 0 Å². The van der Waals surface area contributed by atoms with Gasteiger partial charge in [-0.1, -0.05) is 64.5 Å². The number of halogens is 1. The first-order chi connectivity index (χ1) is 19.3. The summed E-state index contributed by atoms with van der Waals surface area (Å²) >= 11 is 3.58. The fourth-order valence-corrected chi connectivity index (χ4v) is 7.34. The van der Waals surface area contributed by atoms with Crippen LogP contribution in [0.5, 0.6) is 5.75 Å². The van der Waals surface area contributed by atoms with E-state index in [1.807, 2.05) is 79.7 Å². The van der Waals surface area contributed by atoms with Gasteiger partial charge in [-0.3, -0.25) is 9.59 Å². The van der Waals surface area contributed by atoms with Crippen LogP contribution >= 0.6 is 15.9 Å². The number of aromatic nitrogens is 1. The average molecular weight is 600 g/mol. The molecule has 3 aliphatic rings. The Labute approximate surface area is 241 Å². The Hall–Kier alpha value is -3.71. The molecule has 40 heavy (non-hydrogen) atoms. The molecule has 2 N–H and O–H groups in total. The molecular weight excluding hydrogens is 568 g/mol. The minimum absolute atomic E-state index is 0.162. The van der Waals surface area contributed by atoms with Crippen LogP contribution in [0.3, 0.4) is 0 Å². The maximum absolute atomic E-state index is 14.5. The molecule has 3 saturated carbocycles. The van der Waals surface area contributed by atoms with Gasteiger partial charge in [0.1, 0.15) is 5.75 Å². The monoisotopic (exact) mass is 598 g/mol. The van der Waals surface area contributed by atoms with Crippen LogP contribution in [-0.4, -0.2) is 34.6 Å². The maximum Gasteiger partial charge on any atom is 0.309 e.